The first-order chi connectivity index (χ1) is 17.5. The van der Waals surface area contributed by atoms with Crippen LogP contribution in [0.5, 0.6) is 0 Å². The van der Waals surface area contributed by atoms with Crippen LogP contribution in [0.4, 0.5) is 19.0 Å². The molecule has 0 radical (unpaired) electrons. The van der Waals surface area contributed by atoms with Crippen LogP contribution in [0.2, 0.25) is 5.02 Å². The van der Waals surface area contributed by atoms with Crippen molar-refractivity contribution in [2.24, 2.45) is 4.99 Å². The molecule has 0 saturated heterocycles. The van der Waals surface area contributed by atoms with Crippen LogP contribution >= 0.6 is 11.6 Å². The van der Waals surface area contributed by atoms with Crippen molar-refractivity contribution in [2.45, 2.75) is 69.3 Å². The summed E-state index contributed by atoms with van der Waals surface area (Å²) >= 11 is 6.35. The summed E-state index contributed by atoms with van der Waals surface area (Å²) in [5.74, 6) is 5.05. The van der Waals surface area contributed by atoms with Crippen molar-refractivity contribution in [3.8, 4) is 11.8 Å². The molecule has 1 aromatic carbocycles. The van der Waals surface area contributed by atoms with Crippen molar-refractivity contribution in [3.63, 3.8) is 0 Å². The Balaban J connectivity index is 2.02. The molecule has 1 aromatic heterocycles. The first-order valence-corrected chi connectivity index (χ1v) is 15.4. The van der Waals surface area contributed by atoms with Crippen molar-refractivity contribution >= 4 is 53.9 Å². The molecule has 2 aromatic rings. The van der Waals surface area contributed by atoms with E-state index in [-0.39, 0.29) is 33.9 Å². The molecule has 8 nitrogen and oxygen atoms in total. The van der Waals surface area contributed by atoms with Gasteiger partial charge in [-0.05, 0) is 63.7 Å². The van der Waals surface area contributed by atoms with Crippen LogP contribution < -0.4 is 4.72 Å². The molecule has 1 aliphatic carbocycles. The minimum atomic E-state index is -3.74. The number of sulfonamides is 1. The minimum absolute atomic E-state index is 0.0131. The highest BCUT2D eigenvalue weighted by Gasteiger charge is 2.37. The van der Waals surface area contributed by atoms with Gasteiger partial charge in [-0.2, -0.15) is 5.10 Å². The van der Waals surface area contributed by atoms with Crippen molar-refractivity contribution in [1.82, 2.24) is 9.78 Å². The van der Waals surface area contributed by atoms with Gasteiger partial charge in [-0.1, -0.05) is 29.7 Å². The van der Waals surface area contributed by atoms with E-state index in [0.717, 1.165) is 10.9 Å². The molecule has 1 aliphatic rings. The molecule has 0 amide bonds. The molecule has 1 saturated carbocycles. The number of hydrogen-bond donors (Lipinski definition) is 1. The number of benzene rings is 1. The van der Waals surface area contributed by atoms with E-state index in [1.165, 1.54) is 32.9 Å². The van der Waals surface area contributed by atoms with Gasteiger partial charge in [-0.15, -0.1) is 0 Å². The third-order valence-electron chi connectivity index (χ3n) is 5.79. The molecular weight excluding hydrogens is 565 g/mol. The summed E-state index contributed by atoms with van der Waals surface area (Å²) in [4.78, 5) is 3.77. The lowest BCUT2D eigenvalue weighted by Gasteiger charge is -2.14. The lowest BCUT2D eigenvalue weighted by atomic mass is 10.1. The fraction of sp³-hybridized carbons (Fsp3) is 0.500. The van der Waals surface area contributed by atoms with Crippen LogP contribution in [0.1, 0.15) is 39.2 Å². The van der Waals surface area contributed by atoms with E-state index in [9.17, 15) is 30.0 Å². The quantitative estimate of drug-likeness (QED) is 0.247. The molecule has 0 spiro atoms. The molecule has 38 heavy (non-hydrogen) atoms. The van der Waals surface area contributed by atoms with E-state index in [1.54, 1.807) is 12.1 Å². The normalized spacial score (nSPS) is 16.2. The Kier molecular flexibility index (Phi) is 8.90. The molecule has 0 bridgehead atoms. The van der Waals surface area contributed by atoms with Gasteiger partial charge >= 0.3 is 0 Å². The Hall–Kier alpha value is -2.56. The summed E-state index contributed by atoms with van der Waals surface area (Å²) < 4.78 is 91.2. The molecule has 1 fully saturated rings. The summed E-state index contributed by atoms with van der Waals surface area (Å²) in [5.41, 5.74) is 0.696. The van der Waals surface area contributed by atoms with Crippen LogP contribution in [0.15, 0.2) is 29.3 Å². The molecule has 0 aliphatic heterocycles. The highest BCUT2D eigenvalue weighted by atomic mass is 35.5. The van der Waals surface area contributed by atoms with E-state index < -0.39 is 49.1 Å². The second-order valence-electron chi connectivity index (χ2n) is 9.43. The first kappa shape index (κ1) is 30.0. The Bertz CT molecular complexity index is 1550. The highest BCUT2D eigenvalue weighted by Crippen LogP contribution is 2.36. The molecule has 3 rings (SSSR count). The molecule has 14 heteroatoms. The number of halogens is 4. The average Bonchev–Trinajstić information content (AvgIpc) is 3.57. The van der Waals surface area contributed by atoms with Crippen molar-refractivity contribution in [3.05, 3.63) is 34.9 Å². The van der Waals surface area contributed by atoms with Crippen LogP contribution in [0, 0.1) is 11.8 Å². The number of alkyl halides is 3. The lowest BCUT2D eigenvalue weighted by Crippen LogP contribution is -2.29. The number of anilines is 1. The third kappa shape index (κ3) is 7.30. The van der Waals surface area contributed by atoms with E-state index in [2.05, 4.69) is 26.7 Å². The zero-order valence-corrected chi connectivity index (χ0v) is 23.6. The number of sulfone groups is 1. The minimum Gasteiger partial charge on any atom is -0.265 e. The maximum Gasteiger partial charge on any atom is 0.257 e. The van der Waals surface area contributed by atoms with Crippen molar-refractivity contribution in [1.29, 1.82) is 0 Å². The van der Waals surface area contributed by atoms with Gasteiger partial charge < -0.3 is 0 Å². The van der Waals surface area contributed by atoms with E-state index in [4.69, 9.17) is 11.6 Å². The zero-order chi connectivity index (χ0) is 28.5. The Morgan fingerprint density at radius 2 is 1.95 bits per heavy atom. The van der Waals surface area contributed by atoms with Crippen LogP contribution in [0.3, 0.4) is 0 Å². The highest BCUT2D eigenvalue weighted by molar-refractivity contribution is 7.93. The van der Waals surface area contributed by atoms with Gasteiger partial charge in [-0.3, -0.25) is 9.40 Å². The second kappa shape index (κ2) is 11.3. The SMILES string of the molecule is CC(F)/N=C(C#CC(C)(C)S(C)(=O)=O)\C=C/Cc1ccc(Cl)c2c(NS(=O)(=O)C3CC3)nn(CC(F)F)c12. The number of hydrogen-bond acceptors (Lipinski definition) is 6. The molecule has 1 heterocycles. The van der Waals surface area contributed by atoms with E-state index in [1.807, 2.05) is 0 Å². The average molecular weight is 593 g/mol. The zero-order valence-electron chi connectivity index (χ0n) is 21.2. The second-order valence-corrected chi connectivity index (χ2v) is 14.4. The molecule has 1 unspecified atom stereocenters. The number of rotatable bonds is 10. The summed E-state index contributed by atoms with van der Waals surface area (Å²) in [5, 5.41) is 3.84. The number of aliphatic imine (C=N–C) groups is 1. The van der Waals surface area contributed by atoms with Crippen LogP contribution in [-0.4, -0.2) is 61.3 Å². The van der Waals surface area contributed by atoms with E-state index in [0.29, 0.717) is 18.4 Å². The smallest absolute Gasteiger partial charge is 0.257 e. The summed E-state index contributed by atoms with van der Waals surface area (Å²) in [7, 11) is -7.26. The van der Waals surface area contributed by atoms with Gasteiger partial charge in [0.1, 0.15) is 17.0 Å². The first-order valence-electron chi connectivity index (χ1n) is 11.6. The molecular formula is C24H28ClF3N4O4S2. The lowest BCUT2D eigenvalue weighted by molar-refractivity contribution is 0.123. The van der Waals surface area contributed by atoms with E-state index >= 15 is 0 Å². The Labute approximate surface area is 225 Å². The van der Waals surface area contributed by atoms with Crippen LogP contribution in [-0.2, 0) is 32.8 Å². The Morgan fingerprint density at radius 1 is 1.29 bits per heavy atom. The van der Waals surface area contributed by atoms with Crippen molar-refractivity contribution in [2.75, 3.05) is 11.0 Å². The number of fused-ring (bicyclic) bond motifs is 1. The summed E-state index contributed by atoms with van der Waals surface area (Å²) in [6.45, 7) is 3.22. The van der Waals surface area contributed by atoms with Gasteiger partial charge in [0.2, 0.25) is 10.0 Å². The van der Waals surface area contributed by atoms with Gasteiger partial charge in [0, 0.05) is 6.26 Å². The standard InChI is InChI=1S/C24H28ClF3N4O4S2/c1-15(26)29-17(12-13-24(2,3)37(4,33)34)7-5-6-16-8-11-19(25)21-22(16)32(14-20(27)28)30-23(21)31-38(35,36)18-9-10-18/h5,7-8,11,15,18,20H,6,9-10,14H2,1-4H3,(H,30,31)/b7-5-,29-17+. The van der Waals surface area contributed by atoms with Crippen molar-refractivity contribution < 1.29 is 30.0 Å². The summed E-state index contributed by atoms with van der Waals surface area (Å²) in [6, 6.07) is 3.09. The molecule has 1 N–H and O–H groups in total. The summed E-state index contributed by atoms with van der Waals surface area (Å²) in [6.07, 6.45) is 0.731. The largest absolute Gasteiger partial charge is 0.265 e. The number of nitrogens with one attached hydrogen (secondary N) is 1. The number of aromatic nitrogens is 2. The fourth-order valence-corrected chi connectivity index (χ4v) is 5.17. The number of allylic oxidation sites excluding steroid dienone is 2. The van der Waals surface area contributed by atoms with Gasteiger partial charge in [0.05, 0.1) is 21.2 Å². The number of nitrogens with zero attached hydrogens (tertiary/aromatic N) is 3. The van der Waals surface area contributed by atoms with Gasteiger partial charge in [0.25, 0.3) is 6.43 Å². The third-order valence-corrected chi connectivity index (χ3v) is 9.89. The maximum atomic E-state index is 13.6. The van der Waals surface area contributed by atoms with Crippen LogP contribution in [0.25, 0.3) is 10.9 Å². The fourth-order valence-electron chi connectivity index (χ4n) is 3.36. The van der Waals surface area contributed by atoms with Gasteiger partial charge in [-0.25, -0.2) is 35.0 Å². The predicted molar refractivity (Wildman–Crippen MR) is 144 cm³/mol. The molecule has 208 valence electrons. The maximum absolute atomic E-state index is 13.6. The Morgan fingerprint density at radius 3 is 2.50 bits per heavy atom. The van der Waals surface area contributed by atoms with Gasteiger partial charge in [0.15, 0.2) is 22.0 Å². The monoisotopic (exact) mass is 592 g/mol. The topological polar surface area (TPSA) is 110 Å². The predicted octanol–water partition coefficient (Wildman–Crippen LogP) is 4.54. The molecule has 1 atom stereocenters.